The molecule has 1 heterocycles. The van der Waals surface area contributed by atoms with Gasteiger partial charge in [-0.2, -0.15) is 0 Å². The first kappa shape index (κ1) is 16.5. The summed E-state index contributed by atoms with van der Waals surface area (Å²) in [6.45, 7) is 3.79. The predicted molar refractivity (Wildman–Crippen MR) is 93.0 cm³/mol. The van der Waals surface area contributed by atoms with Crippen molar-refractivity contribution in [1.82, 2.24) is 4.98 Å². The molecule has 0 saturated heterocycles. The zero-order chi connectivity index (χ0) is 17.4. The number of ketones is 1. The summed E-state index contributed by atoms with van der Waals surface area (Å²) in [5.41, 5.74) is 1.83. The number of anilines is 1. The van der Waals surface area contributed by atoms with E-state index in [4.69, 9.17) is 11.6 Å². The van der Waals surface area contributed by atoms with Crippen molar-refractivity contribution >= 4 is 29.0 Å². The van der Waals surface area contributed by atoms with E-state index in [9.17, 15) is 14.4 Å². The molecule has 0 fully saturated rings. The standard InChI is InChI=1S/C18H17ClN2O3/c1-9-5-15-12(16(22)6-9)8-13(18(24)21-15)17(23)20-14-7-11(19)4-3-10(14)2/h3-4,7-9H,5-6H2,1-2H3,(H,20,23)(H,21,24)/t9-/m1/s1. The minimum absolute atomic E-state index is 0.0482. The lowest BCUT2D eigenvalue weighted by Gasteiger charge is -2.20. The van der Waals surface area contributed by atoms with Gasteiger partial charge in [0.25, 0.3) is 11.5 Å². The summed E-state index contributed by atoms with van der Waals surface area (Å²) in [5, 5.41) is 3.17. The highest BCUT2D eigenvalue weighted by atomic mass is 35.5. The van der Waals surface area contributed by atoms with E-state index in [0.717, 1.165) is 5.56 Å². The number of carbonyl (C=O) groups is 2. The van der Waals surface area contributed by atoms with Gasteiger partial charge in [0, 0.05) is 28.4 Å². The van der Waals surface area contributed by atoms with Crippen LogP contribution >= 0.6 is 11.6 Å². The number of amides is 1. The summed E-state index contributed by atoms with van der Waals surface area (Å²) >= 11 is 5.94. The number of benzene rings is 1. The number of aryl methyl sites for hydroxylation is 1. The van der Waals surface area contributed by atoms with Gasteiger partial charge in [0.1, 0.15) is 5.56 Å². The Hall–Kier alpha value is -2.40. The predicted octanol–water partition coefficient (Wildman–Crippen LogP) is 3.35. The highest BCUT2D eigenvalue weighted by Gasteiger charge is 2.25. The van der Waals surface area contributed by atoms with E-state index >= 15 is 0 Å². The average molecular weight is 345 g/mol. The molecule has 1 aromatic heterocycles. The monoisotopic (exact) mass is 344 g/mol. The minimum Gasteiger partial charge on any atom is -0.325 e. The maximum atomic E-state index is 12.5. The first-order valence-electron chi connectivity index (χ1n) is 7.72. The molecule has 1 amide bonds. The second-order valence-corrected chi connectivity index (χ2v) is 6.69. The molecule has 0 saturated carbocycles. The van der Waals surface area contributed by atoms with Crippen molar-refractivity contribution in [2.45, 2.75) is 26.7 Å². The Morgan fingerprint density at radius 1 is 1.25 bits per heavy atom. The zero-order valence-electron chi connectivity index (χ0n) is 13.4. The van der Waals surface area contributed by atoms with Gasteiger partial charge in [-0.25, -0.2) is 0 Å². The van der Waals surface area contributed by atoms with Crippen molar-refractivity contribution < 1.29 is 9.59 Å². The van der Waals surface area contributed by atoms with Crippen LogP contribution in [0.15, 0.2) is 29.1 Å². The fourth-order valence-corrected chi connectivity index (χ4v) is 3.08. The van der Waals surface area contributed by atoms with E-state index < -0.39 is 11.5 Å². The molecule has 24 heavy (non-hydrogen) atoms. The molecule has 0 aliphatic heterocycles. The highest BCUT2D eigenvalue weighted by molar-refractivity contribution is 6.31. The molecule has 0 bridgehead atoms. The van der Waals surface area contributed by atoms with E-state index in [0.29, 0.717) is 34.8 Å². The summed E-state index contributed by atoms with van der Waals surface area (Å²) in [5.74, 6) is -0.418. The quantitative estimate of drug-likeness (QED) is 0.876. The second-order valence-electron chi connectivity index (χ2n) is 6.25. The number of fused-ring (bicyclic) bond motifs is 1. The van der Waals surface area contributed by atoms with Crippen molar-refractivity contribution in [3.8, 4) is 0 Å². The van der Waals surface area contributed by atoms with Crippen molar-refractivity contribution in [2.75, 3.05) is 5.32 Å². The molecule has 6 heteroatoms. The molecule has 2 aromatic rings. The van der Waals surface area contributed by atoms with Crippen molar-refractivity contribution in [3.05, 3.63) is 62.0 Å². The number of carbonyl (C=O) groups excluding carboxylic acids is 2. The van der Waals surface area contributed by atoms with Gasteiger partial charge in [-0.15, -0.1) is 0 Å². The van der Waals surface area contributed by atoms with Gasteiger partial charge in [0.15, 0.2) is 5.78 Å². The molecule has 0 spiro atoms. The molecule has 1 aliphatic rings. The largest absolute Gasteiger partial charge is 0.325 e. The van der Waals surface area contributed by atoms with Crippen LogP contribution in [0.4, 0.5) is 5.69 Å². The van der Waals surface area contributed by atoms with E-state index in [1.807, 2.05) is 13.8 Å². The molecule has 3 rings (SSSR count). The number of Topliss-reactive ketones (excluding diaryl/α,β-unsaturated/α-hetero) is 1. The van der Waals surface area contributed by atoms with Crippen LogP contribution in [0, 0.1) is 12.8 Å². The maximum absolute atomic E-state index is 12.5. The Morgan fingerprint density at radius 3 is 2.75 bits per heavy atom. The van der Waals surface area contributed by atoms with Gasteiger partial charge in [0.2, 0.25) is 0 Å². The average Bonchev–Trinajstić information content (AvgIpc) is 2.50. The van der Waals surface area contributed by atoms with Crippen LogP contribution in [-0.4, -0.2) is 16.7 Å². The van der Waals surface area contributed by atoms with Crippen molar-refractivity contribution in [3.63, 3.8) is 0 Å². The van der Waals surface area contributed by atoms with Gasteiger partial charge >= 0.3 is 0 Å². The SMILES string of the molecule is Cc1ccc(Cl)cc1NC(=O)c1cc2c([nH]c1=O)C[C@@H](C)CC2=O. The summed E-state index contributed by atoms with van der Waals surface area (Å²) in [7, 11) is 0. The lowest BCUT2D eigenvalue weighted by atomic mass is 9.86. The molecule has 2 N–H and O–H groups in total. The Morgan fingerprint density at radius 2 is 2.00 bits per heavy atom. The van der Waals surface area contributed by atoms with Gasteiger partial charge in [-0.1, -0.05) is 24.6 Å². The van der Waals surface area contributed by atoms with E-state index in [1.165, 1.54) is 6.07 Å². The summed E-state index contributed by atoms with van der Waals surface area (Å²) in [6.07, 6.45) is 1.05. The number of hydrogen-bond acceptors (Lipinski definition) is 3. The lowest BCUT2D eigenvalue weighted by molar-refractivity contribution is 0.0952. The van der Waals surface area contributed by atoms with Gasteiger partial charge in [-0.05, 0) is 43.0 Å². The Labute approximate surface area is 144 Å². The smallest absolute Gasteiger partial charge is 0.261 e. The van der Waals surface area contributed by atoms with Crippen LogP contribution in [0.5, 0.6) is 0 Å². The molecular weight excluding hydrogens is 328 g/mol. The lowest BCUT2D eigenvalue weighted by Crippen LogP contribution is -2.29. The number of aromatic amines is 1. The molecule has 5 nitrogen and oxygen atoms in total. The molecule has 124 valence electrons. The summed E-state index contributed by atoms with van der Waals surface area (Å²) < 4.78 is 0. The topological polar surface area (TPSA) is 79.0 Å². The summed E-state index contributed by atoms with van der Waals surface area (Å²) in [6, 6.07) is 6.52. The van der Waals surface area contributed by atoms with Crippen molar-refractivity contribution in [2.24, 2.45) is 5.92 Å². The maximum Gasteiger partial charge on any atom is 0.261 e. The third kappa shape index (κ3) is 3.12. The third-order valence-electron chi connectivity index (χ3n) is 4.20. The van der Waals surface area contributed by atoms with E-state index in [-0.39, 0.29) is 17.3 Å². The number of H-pyrrole nitrogens is 1. The Kier molecular flexibility index (Phi) is 4.28. The number of pyridine rings is 1. The number of aromatic nitrogens is 1. The van der Waals surface area contributed by atoms with Crippen LogP contribution in [0.1, 0.15) is 45.3 Å². The molecule has 0 unspecified atom stereocenters. The number of rotatable bonds is 2. The van der Waals surface area contributed by atoms with Crippen molar-refractivity contribution in [1.29, 1.82) is 0 Å². The Balaban J connectivity index is 1.96. The minimum atomic E-state index is -0.559. The van der Waals surface area contributed by atoms with Crippen LogP contribution < -0.4 is 10.9 Å². The molecule has 1 aromatic carbocycles. The zero-order valence-corrected chi connectivity index (χ0v) is 14.2. The fraction of sp³-hybridized carbons (Fsp3) is 0.278. The summed E-state index contributed by atoms with van der Waals surface area (Å²) in [4.78, 5) is 39.6. The van der Waals surface area contributed by atoms with Crippen LogP contribution in [0.3, 0.4) is 0 Å². The third-order valence-corrected chi connectivity index (χ3v) is 4.44. The molecule has 1 atom stereocenters. The van der Waals surface area contributed by atoms with Gasteiger partial charge in [-0.3, -0.25) is 14.4 Å². The number of hydrogen-bond donors (Lipinski definition) is 2. The van der Waals surface area contributed by atoms with Crippen LogP contribution in [0.25, 0.3) is 0 Å². The first-order chi connectivity index (χ1) is 11.3. The first-order valence-corrected chi connectivity index (χ1v) is 8.10. The fourth-order valence-electron chi connectivity index (χ4n) is 2.91. The van der Waals surface area contributed by atoms with E-state index in [1.54, 1.807) is 18.2 Å². The van der Waals surface area contributed by atoms with Gasteiger partial charge in [0.05, 0.1) is 0 Å². The highest BCUT2D eigenvalue weighted by Crippen LogP contribution is 2.24. The van der Waals surface area contributed by atoms with E-state index in [2.05, 4.69) is 10.3 Å². The molecule has 1 aliphatic carbocycles. The van der Waals surface area contributed by atoms with Gasteiger partial charge < -0.3 is 10.3 Å². The second kappa shape index (κ2) is 6.24. The van der Waals surface area contributed by atoms with Crippen LogP contribution in [0.2, 0.25) is 5.02 Å². The Bertz CT molecular complexity index is 902. The molecule has 0 radical (unpaired) electrons. The number of halogens is 1. The van der Waals surface area contributed by atoms with Crippen LogP contribution in [-0.2, 0) is 6.42 Å². The number of nitrogens with one attached hydrogen (secondary N) is 2. The normalized spacial score (nSPS) is 16.6. The molecular formula is C18H17ClN2O3.